The SMILES string of the molecule is Cc1nnc(COc2ccc(CNCC(C)C)cc2)o1. The van der Waals surface area contributed by atoms with Crippen molar-refractivity contribution in [3.8, 4) is 5.75 Å². The maximum atomic E-state index is 5.59. The highest BCUT2D eigenvalue weighted by Crippen LogP contribution is 2.14. The van der Waals surface area contributed by atoms with Crippen LogP contribution in [0.2, 0.25) is 0 Å². The highest BCUT2D eigenvalue weighted by Gasteiger charge is 2.03. The zero-order valence-corrected chi connectivity index (χ0v) is 12.2. The number of nitrogens with one attached hydrogen (secondary N) is 1. The van der Waals surface area contributed by atoms with Gasteiger partial charge in [-0.3, -0.25) is 0 Å². The van der Waals surface area contributed by atoms with Gasteiger partial charge in [-0.25, -0.2) is 0 Å². The number of aryl methyl sites for hydroxylation is 1. The predicted molar refractivity (Wildman–Crippen MR) is 76.4 cm³/mol. The molecule has 0 unspecified atom stereocenters. The van der Waals surface area contributed by atoms with E-state index in [0.717, 1.165) is 18.8 Å². The average molecular weight is 275 g/mol. The second kappa shape index (κ2) is 7.05. The van der Waals surface area contributed by atoms with Gasteiger partial charge in [0.05, 0.1) is 0 Å². The van der Waals surface area contributed by atoms with Gasteiger partial charge in [0.1, 0.15) is 5.75 Å². The van der Waals surface area contributed by atoms with Gasteiger partial charge in [-0.2, -0.15) is 0 Å². The first-order valence-electron chi connectivity index (χ1n) is 6.85. The standard InChI is InChI=1S/C15H21N3O2/c1-11(2)8-16-9-13-4-6-14(7-5-13)19-10-15-18-17-12(3)20-15/h4-7,11,16H,8-10H2,1-3H3. The van der Waals surface area contributed by atoms with E-state index in [1.807, 2.05) is 12.1 Å². The number of rotatable bonds is 7. The Bertz CT molecular complexity index is 520. The molecular weight excluding hydrogens is 254 g/mol. The van der Waals surface area contributed by atoms with Gasteiger partial charge in [-0.05, 0) is 30.2 Å². The third kappa shape index (κ3) is 4.66. The van der Waals surface area contributed by atoms with Crippen LogP contribution in [0.3, 0.4) is 0 Å². The Morgan fingerprint density at radius 1 is 1.20 bits per heavy atom. The zero-order valence-electron chi connectivity index (χ0n) is 12.2. The van der Waals surface area contributed by atoms with Crippen LogP contribution in [-0.4, -0.2) is 16.7 Å². The van der Waals surface area contributed by atoms with Gasteiger partial charge in [0.2, 0.25) is 5.89 Å². The first-order valence-corrected chi connectivity index (χ1v) is 6.85. The molecule has 20 heavy (non-hydrogen) atoms. The van der Waals surface area contributed by atoms with E-state index >= 15 is 0 Å². The lowest BCUT2D eigenvalue weighted by atomic mass is 10.2. The highest BCUT2D eigenvalue weighted by molar-refractivity contribution is 5.27. The van der Waals surface area contributed by atoms with Crippen LogP contribution in [-0.2, 0) is 13.2 Å². The van der Waals surface area contributed by atoms with Crippen molar-refractivity contribution in [2.45, 2.75) is 33.9 Å². The molecule has 0 amide bonds. The third-order valence-corrected chi connectivity index (χ3v) is 2.74. The summed E-state index contributed by atoms with van der Waals surface area (Å²) < 4.78 is 10.8. The lowest BCUT2D eigenvalue weighted by Gasteiger charge is -2.08. The second-order valence-electron chi connectivity index (χ2n) is 5.17. The van der Waals surface area contributed by atoms with E-state index in [1.54, 1.807) is 6.92 Å². The Hall–Kier alpha value is -1.88. The number of aromatic nitrogens is 2. The summed E-state index contributed by atoms with van der Waals surface area (Å²) in [7, 11) is 0. The normalized spacial score (nSPS) is 11.0. The first kappa shape index (κ1) is 14.5. The minimum atomic E-state index is 0.297. The molecule has 0 spiro atoms. The molecule has 0 radical (unpaired) electrons. The topological polar surface area (TPSA) is 60.2 Å². The lowest BCUT2D eigenvalue weighted by molar-refractivity contribution is 0.260. The molecule has 0 aliphatic heterocycles. The van der Waals surface area contributed by atoms with Crippen LogP contribution in [0.15, 0.2) is 28.7 Å². The Balaban J connectivity index is 1.79. The monoisotopic (exact) mass is 275 g/mol. The molecule has 0 atom stereocenters. The molecule has 0 saturated heterocycles. The Morgan fingerprint density at radius 2 is 1.95 bits per heavy atom. The number of hydrogen-bond donors (Lipinski definition) is 1. The van der Waals surface area contributed by atoms with Gasteiger partial charge in [0.15, 0.2) is 6.61 Å². The van der Waals surface area contributed by atoms with E-state index < -0.39 is 0 Å². The van der Waals surface area contributed by atoms with Crippen LogP contribution in [0, 0.1) is 12.8 Å². The summed E-state index contributed by atoms with van der Waals surface area (Å²) in [5.74, 6) is 2.50. The van der Waals surface area contributed by atoms with Crippen LogP contribution in [0.1, 0.15) is 31.2 Å². The van der Waals surface area contributed by atoms with Crippen LogP contribution < -0.4 is 10.1 Å². The molecule has 5 heteroatoms. The summed E-state index contributed by atoms with van der Waals surface area (Å²) >= 11 is 0. The molecule has 0 saturated carbocycles. The van der Waals surface area contributed by atoms with Crippen LogP contribution in [0.5, 0.6) is 5.75 Å². The van der Waals surface area contributed by atoms with Gasteiger partial charge >= 0.3 is 0 Å². The maximum Gasteiger partial charge on any atom is 0.253 e. The largest absolute Gasteiger partial charge is 0.484 e. The number of hydrogen-bond acceptors (Lipinski definition) is 5. The van der Waals surface area contributed by atoms with Crippen molar-refractivity contribution in [2.75, 3.05) is 6.54 Å². The molecule has 108 valence electrons. The van der Waals surface area contributed by atoms with Gasteiger partial charge < -0.3 is 14.5 Å². The Kier molecular flexibility index (Phi) is 5.12. The molecule has 2 rings (SSSR count). The Labute approximate surface area is 119 Å². The second-order valence-corrected chi connectivity index (χ2v) is 5.17. The van der Waals surface area contributed by atoms with E-state index in [-0.39, 0.29) is 0 Å². The number of ether oxygens (including phenoxy) is 1. The van der Waals surface area contributed by atoms with Crippen molar-refractivity contribution in [2.24, 2.45) is 5.92 Å². The van der Waals surface area contributed by atoms with E-state index in [4.69, 9.17) is 9.15 Å². The molecule has 5 nitrogen and oxygen atoms in total. The van der Waals surface area contributed by atoms with Gasteiger partial charge in [0, 0.05) is 13.5 Å². The minimum Gasteiger partial charge on any atom is -0.484 e. The number of benzene rings is 1. The quantitative estimate of drug-likeness (QED) is 0.842. The van der Waals surface area contributed by atoms with Crippen molar-refractivity contribution in [3.05, 3.63) is 41.6 Å². The molecule has 1 aromatic heterocycles. The smallest absolute Gasteiger partial charge is 0.253 e. The maximum absolute atomic E-state index is 5.59. The fourth-order valence-electron chi connectivity index (χ4n) is 1.75. The molecule has 0 aliphatic rings. The van der Waals surface area contributed by atoms with Crippen LogP contribution >= 0.6 is 0 Å². The number of nitrogens with zero attached hydrogens (tertiary/aromatic N) is 2. The van der Waals surface area contributed by atoms with E-state index in [9.17, 15) is 0 Å². The van der Waals surface area contributed by atoms with E-state index in [0.29, 0.717) is 24.3 Å². The van der Waals surface area contributed by atoms with Crippen molar-refractivity contribution < 1.29 is 9.15 Å². The first-order chi connectivity index (χ1) is 9.63. The molecular formula is C15H21N3O2. The van der Waals surface area contributed by atoms with Crippen molar-refractivity contribution >= 4 is 0 Å². The summed E-state index contributed by atoms with van der Waals surface area (Å²) in [5.41, 5.74) is 1.24. The summed E-state index contributed by atoms with van der Waals surface area (Å²) in [6, 6.07) is 8.02. The van der Waals surface area contributed by atoms with Crippen molar-refractivity contribution in [1.82, 2.24) is 15.5 Å². The Morgan fingerprint density at radius 3 is 2.55 bits per heavy atom. The summed E-state index contributed by atoms with van der Waals surface area (Å²) in [6.07, 6.45) is 0. The van der Waals surface area contributed by atoms with Crippen molar-refractivity contribution in [3.63, 3.8) is 0 Å². The molecule has 0 fully saturated rings. The van der Waals surface area contributed by atoms with E-state index in [1.165, 1.54) is 5.56 Å². The summed E-state index contributed by atoms with van der Waals surface area (Å²) in [4.78, 5) is 0. The fourth-order valence-corrected chi connectivity index (χ4v) is 1.75. The lowest BCUT2D eigenvalue weighted by Crippen LogP contribution is -2.18. The molecule has 0 bridgehead atoms. The zero-order chi connectivity index (χ0) is 14.4. The fraction of sp³-hybridized carbons (Fsp3) is 0.467. The molecule has 1 aromatic carbocycles. The minimum absolute atomic E-state index is 0.297. The molecule has 2 aromatic rings. The van der Waals surface area contributed by atoms with Crippen LogP contribution in [0.4, 0.5) is 0 Å². The average Bonchev–Trinajstić information content (AvgIpc) is 2.83. The van der Waals surface area contributed by atoms with Gasteiger partial charge in [-0.1, -0.05) is 26.0 Å². The van der Waals surface area contributed by atoms with Gasteiger partial charge in [-0.15, -0.1) is 10.2 Å². The summed E-state index contributed by atoms with van der Waals surface area (Å²) in [6.45, 7) is 8.35. The van der Waals surface area contributed by atoms with Crippen molar-refractivity contribution in [1.29, 1.82) is 0 Å². The molecule has 0 aliphatic carbocycles. The van der Waals surface area contributed by atoms with Gasteiger partial charge in [0.25, 0.3) is 5.89 Å². The molecule has 1 N–H and O–H groups in total. The predicted octanol–water partition coefficient (Wildman–Crippen LogP) is 2.70. The van der Waals surface area contributed by atoms with Crippen LogP contribution in [0.25, 0.3) is 0 Å². The summed E-state index contributed by atoms with van der Waals surface area (Å²) in [5, 5.41) is 11.0. The molecule has 1 heterocycles. The highest BCUT2D eigenvalue weighted by atomic mass is 16.5. The van der Waals surface area contributed by atoms with E-state index in [2.05, 4.69) is 41.5 Å². The third-order valence-electron chi connectivity index (χ3n) is 2.74.